The molecule has 3 heterocycles. The van der Waals surface area contributed by atoms with Crippen molar-refractivity contribution in [2.45, 2.75) is 6.54 Å². The van der Waals surface area contributed by atoms with E-state index in [4.69, 9.17) is 0 Å². The molecule has 2 aliphatic heterocycles. The first-order valence-corrected chi connectivity index (χ1v) is 6.99. The summed E-state index contributed by atoms with van der Waals surface area (Å²) in [5.41, 5.74) is 2.01. The van der Waals surface area contributed by atoms with Gasteiger partial charge in [0.2, 0.25) is 12.4 Å². The van der Waals surface area contributed by atoms with Crippen LogP contribution in [-0.4, -0.2) is 27.2 Å². The van der Waals surface area contributed by atoms with Crippen molar-refractivity contribution >= 4 is 24.1 Å². The van der Waals surface area contributed by atoms with Crippen molar-refractivity contribution in [2.75, 3.05) is 0 Å². The van der Waals surface area contributed by atoms with E-state index in [0.717, 1.165) is 17.7 Å². The summed E-state index contributed by atoms with van der Waals surface area (Å²) in [5, 5.41) is 3.97. The van der Waals surface area contributed by atoms with Gasteiger partial charge in [-0.05, 0) is 34.6 Å². The molecule has 1 aromatic heterocycles. The van der Waals surface area contributed by atoms with Crippen LogP contribution in [0.1, 0.15) is 5.56 Å². The van der Waals surface area contributed by atoms with Crippen LogP contribution in [0.2, 0.25) is 0 Å². The van der Waals surface area contributed by atoms with Gasteiger partial charge in [0.15, 0.2) is 0 Å². The molecule has 1 aromatic rings. The van der Waals surface area contributed by atoms with Gasteiger partial charge in [0.05, 0.1) is 12.2 Å². The highest BCUT2D eigenvalue weighted by Crippen LogP contribution is 2.25. The number of allylic oxidation sites excluding steroid dienone is 1. The van der Waals surface area contributed by atoms with Gasteiger partial charge in [-0.3, -0.25) is 19.6 Å². The number of pyridine rings is 1. The van der Waals surface area contributed by atoms with Crippen molar-refractivity contribution in [1.29, 1.82) is 0 Å². The average Bonchev–Trinajstić information content (AvgIpc) is 2.53. The Morgan fingerprint density at radius 1 is 1.35 bits per heavy atom. The Bertz CT molecular complexity index is 621. The summed E-state index contributed by atoms with van der Waals surface area (Å²) in [7, 11) is 0. The van der Waals surface area contributed by atoms with E-state index in [1.165, 1.54) is 0 Å². The normalized spacial score (nSPS) is 16.3. The van der Waals surface area contributed by atoms with Crippen molar-refractivity contribution in [2.24, 2.45) is 4.99 Å². The molecule has 5 nitrogen and oxygen atoms in total. The van der Waals surface area contributed by atoms with Gasteiger partial charge in [-0.1, -0.05) is 0 Å². The lowest BCUT2D eigenvalue weighted by Gasteiger charge is -2.31. The Morgan fingerprint density at radius 3 is 3.00 bits per heavy atom. The summed E-state index contributed by atoms with van der Waals surface area (Å²) in [6.07, 6.45) is 9.75. The largest absolute Gasteiger partial charge is 0.286 e. The number of aliphatic imine (C=N–C) groups is 1. The summed E-state index contributed by atoms with van der Waals surface area (Å²) in [4.78, 5) is 23.2. The minimum atomic E-state index is 0.462. The molecule has 0 unspecified atom stereocenters. The van der Waals surface area contributed by atoms with Crippen LogP contribution in [-0.2, 0) is 11.3 Å². The summed E-state index contributed by atoms with van der Waals surface area (Å²) in [5.74, 6) is 0.599. The molecule has 1 amide bonds. The third-order valence-corrected chi connectivity index (χ3v) is 3.55. The van der Waals surface area contributed by atoms with E-state index < -0.39 is 0 Å². The van der Waals surface area contributed by atoms with Gasteiger partial charge >= 0.3 is 0 Å². The van der Waals surface area contributed by atoms with Crippen LogP contribution in [0.4, 0.5) is 0 Å². The number of nitrogens with zero attached hydrogens (tertiary/aromatic N) is 4. The maximum Gasteiger partial charge on any atom is 0.216 e. The van der Waals surface area contributed by atoms with Gasteiger partial charge in [-0.15, -0.1) is 11.8 Å². The maximum absolute atomic E-state index is 11.4. The molecule has 20 heavy (non-hydrogen) atoms. The lowest BCUT2D eigenvalue weighted by Crippen LogP contribution is -2.41. The predicted octanol–water partition coefficient (Wildman–Crippen LogP) is 2.28. The molecule has 3 rings (SSSR count). The highest BCUT2D eigenvalue weighted by Gasteiger charge is 2.22. The SMILES string of the molecule is O=CN(Cc1ccncc1)C1=NC=CC2=CSC=CN21. The van der Waals surface area contributed by atoms with Crippen molar-refractivity contribution in [1.82, 2.24) is 14.8 Å². The number of guanidine groups is 1. The Balaban J connectivity index is 1.85. The average molecular weight is 284 g/mol. The second-order valence-corrected chi connectivity index (χ2v) is 4.95. The lowest BCUT2D eigenvalue weighted by atomic mass is 10.2. The Kier molecular flexibility index (Phi) is 3.64. The minimum absolute atomic E-state index is 0.462. The second-order valence-electron chi connectivity index (χ2n) is 4.17. The standard InChI is InChI=1S/C14H12N4OS/c19-11-17(9-12-1-4-15-5-2-12)14-16-6-3-13-10-20-8-7-18(13)14/h1-8,10-11H,9H2. The van der Waals surface area contributed by atoms with E-state index in [1.807, 2.05) is 40.1 Å². The van der Waals surface area contributed by atoms with E-state index in [2.05, 4.69) is 9.98 Å². The van der Waals surface area contributed by atoms with Gasteiger partial charge in [0, 0.05) is 24.8 Å². The highest BCUT2D eigenvalue weighted by atomic mass is 32.2. The zero-order chi connectivity index (χ0) is 13.8. The fourth-order valence-electron chi connectivity index (χ4n) is 1.94. The molecule has 0 saturated carbocycles. The molecule has 2 aliphatic rings. The number of amides is 1. The Morgan fingerprint density at radius 2 is 2.20 bits per heavy atom. The molecule has 0 N–H and O–H groups in total. The molecule has 0 saturated heterocycles. The van der Waals surface area contributed by atoms with Crippen LogP contribution in [0.15, 0.2) is 64.5 Å². The van der Waals surface area contributed by atoms with Crippen molar-refractivity contribution < 1.29 is 4.79 Å². The first-order valence-electron chi connectivity index (χ1n) is 6.05. The van der Waals surface area contributed by atoms with Crippen LogP contribution in [0.25, 0.3) is 0 Å². The monoisotopic (exact) mass is 284 g/mol. The molecular weight excluding hydrogens is 272 g/mol. The molecule has 100 valence electrons. The number of hydrogen-bond donors (Lipinski definition) is 0. The topological polar surface area (TPSA) is 48.8 Å². The summed E-state index contributed by atoms with van der Waals surface area (Å²) in [6.45, 7) is 0.462. The quantitative estimate of drug-likeness (QED) is 0.799. The van der Waals surface area contributed by atoms with Gasteiger partial charge in [-0.25, -0.2) is 4.99 Å². The second kappa shape index (κ2) is 5.75. The summed E-state index contributed by atoms with van der Waals surface area (Å²) in [6, 6.07) is 3.77. The van der Waals surface area contributed by atoms with Gasteiger partial charge in [0.25, 0.3) is 0 Å². The molecule has 0 fully saturated rings. The molecule has 0 bridgehead atoms. The van der Waals surface area contributed by atoms with E-state index in [-0.39, 0.29) is 0 Å². The van der Waals surface area contributed by atoms with Crippen molar-refractivity contribution in [3.05, 3.63) is 65.1 Å². The fourth-order valence-corrected chi connectivity index (χ4v) is 2.55. The number of carbonyl (C=O) groups excluding carboxylic acids is 1. The molecule has 6 heteroatoms. The third kappa shape index (κ3) is 2.50. The predicted molar refractivity (Wildman–Crippen MR) is 79.1 cm³/mol. The molecule has 0 atom stereocenters. The van der Waals surface area contributed by atoms with Crippen molar-refractivity contribution in [3.8, 4) is 0 Å². The van der Waals surface area contributed by atoms with Gasteiger partial charge in [-0.2, -0.15) is 0 Å². The first kappa shape index (κ1) is 12.7. The number of carbonyl (C=O) groups is 1. The summed E-state index contributed by atoms with van der Waals surface area (Å²) >= 11 is 1.60. The first-order chi connectivity index (χ1) is 9.88. The molecular formula is C14H12N4OS. The van der Waals surface area contributed by atoms with Crippen LogP contribution in [0, 0.1) is 0 Å². The number of aromatic nitrogens is 1. The maximum atomic E-state index is 11.4. The molecule has 0 aromatic carbocycles. The van der Waals surface area contributed by atoms with Gasteiger partial charge in [0.1, 0.15) is 0 Å². The fraction of sp³-hybridized carbons (Fsp3) is 0.0714. The zero-order valence-corrected chi connectivity index (χ0v) is 11.4. The lowest BCUT2D eigenvalue weighted by molar-refractivity contribution is -0.115. The van der Waals surface area contributed by atoms with Crippen LogP contribution >= 0.6 is 11.8 Å². The number of rotatable bonds is 3. The molecule has 0 radical (unpaired) electrons. The Labute approximate surface area is 121 Å². The highest BCUT2D eigenvalue weighted by molar-refractivity contribution is 8.05. The summed E-state index contributed by atoms with van der Waals surface area (Å²) < 4.78 is 0. The third-order valence-electron chi connectivity index (χ3n) is 2.89. The van der Waals surface area contributed by atoms with E-state index in [1.54, 1.807) is 35.3 Å². The zero-order valence-electron chi connectivity index (χ0n) is 10.6. The van der Waals surface area contributed by atoms with Crippen LogP contribution in [0.5, 0.6) is 0 Å². The smallest absolute Gasteiger partial charge is 0.216 e. The van der Waals surface area contributed by atoms with Crippen LogP contribution in [0.3, 0.4) is 0 Å². The van der Waals surface area contributed by atoms with Crippen LogP contribution < -0.4 is 0 Å². The van der Waals surface area contributed by atoms with E-state index in [0.29, 0.717) is 12.5 Å². The Hall–Kier alpha value is -2.34. The number of fused-ring (bicyclic) bond motifs is 1. The molecule has 0 spiro atoms. The van der Waals surface area contributed by atoms with Gasteiger partial charge < -0.3 is 0 Å². The van der Waals surface area contributed by atoms with E-state index in [9.17, 15) is 4.79 Å². The molecule has 0 aliphatic carbocycles. The van der Waals surface area contributed by atoms with E-state index >= 15 is 0 Å². The number of hydrogen-bond acceptors (Lipinski definition) is 5. The van der Waals surface area contributed by atoms with Crippen molar-refractivity contribution in [3.63, 3.8) is 0 Å². The number of thioether (sulfide) groups is 1. The minimum Gasteiger partial charge on any atom is -0.286 e.